The standard InChI is InChI=1S/C34H44.2C4H9.Hf/c1-19(2)25-15-27-13-23(9)29(33(27)31(17-25)21(5)6)11-12-30-24(10)14-28-16-26(20(3)4)18-32(22(7)8)34(28)30;2*1-3-4-2;/h13-22H,11-12H2,1-10H3;2*1,3-4H2,2H3;/q-2;2*-1;+4. The quantitative estimate of drug-likeness (QED) is 0.118. The molecule has 1 heteroatoms. The van der Waals surface area contributed by atoms with E-state index in [9.17, 15) is 0 Å². The molecule has 0 unspecified atom stereocenters. The summed E-state index contributed by atoms with van der Waals surface area (Å²) in [5.41, 5.74) is 12.0. The smallest absolute Gasteiger partial charge is 0.343 e. The molecule has 0 aliphatic carbocycles. The molecule has 0 atom stereocenters. The average molecular weight is 745 g/mol. The molecule has 0 fully saturated rings. The van der Waals surface area contributed by atoms with E-state index in [1.54, 1.807) is 11.1 Å². The monoisotopic (exact) mass is 746 g/mol. The summed E-state index contributed by atoms with van der Waals surface area (Å²) in [6.45, 7) is 34.7. The van der Waals surface area contributed by atoms with Gasteiger partial charge in [-0.15, -0.1) is 56.9 Å². The second-order valence-electron chi connectivity index (χ2n) is 13.6. The minimum atomic E-state index is 0. The van der Waals surface area contributed by atoms with Crippen molar-refractivity contribution in [2.45, 2.75) is 145 Å². The Bertz CT molecular complexity index is 1270. The third-order valence-electron chi connectivity index (χ3n) is 8.65. The normalized spacial score (nSPS) is 11.3. The summed E-state index contributed by atoms with van der Waals surface area (Å²) < 4.78 is 0. The Labute approximate surface area is 286 Å². The molecule has 4 aromatic carbocycles. The van der Waals surface area contributed by atoms with Crippen LogP contribution in [-0.2, 0) is 38.7 Å². The predicted molar refractivity (Wildman–Crippen MR) is 193 cm³/mol. The van der Waals surface area contributed by atoms with Crippen LogP contribution in [0.1, 0.15) is 163 Å². The molecule has 0 radical (unpaired) electrons. The topological polar surface area (TPSA) is 0 Å². The molecule has 0 aliphatic rings. The number of rotatable bonds is 9. The van der Waals surface area contributed by atoms with Gasteiger partial charge in [0.2, 0.25) is 0 Å². The van der Waals surface area contributed by atoms with Gasteiger partial charge < -0.3 is 13.8 Å². The van der Waals surface area contributed by atoms with E-state index >= 15 is 0 Å². The zero-order chi connectivity index (χ0) is 31.7. The molecule has 0 spiro atoms. The maximum Gasteiger partial charge on any atom is 4.00 e. The maximum atomic E-state index is 3.60. The minimum absolute atomic E-state index is 0. The Balaban J connectivity index is 0.000000917. The van der Waals surface area contributed by atoms with Crippen LogP contribution in [0.2, 0.25) is 0 Å². The molecule has 0 saturated heterocycles. The first-order valence-corrected chi connectivity index (χ1v) is 16.9. The van der Waals surface area contributed by atoms with Gasteiger partial charge in [-0.25, -0.2) is 0 Å². The number of fused-ring (bicyclic) bond motifs is 2. The SMILES string of the molecule is Cc1[cH-]c2cc(C(C)C)cc(C(C)C)c2c1CCc1c(C)[cH-]c2cc(C(C)C)cc(C(C)C)c12.[CH2-]CCC.[CH2-]CCC.[Hf+4]. The van der Waals surface area contributed by atoms with Crippen LogP contribution in [0.4, 0.5) is 0 Å². The third kappa shape index (κ3) is 10.0. The predicted octanol–water partition coefficient (Wildman–Crippen LogP) is 13.6. The molecule has 4 aromatic rings. The van der Waals surface area contributed by atoms with Gasteiger partial charge in [-0.2, -0.15) is 24.0 Å². The van der Waals surface area contributed by atoms with Gasteiger partial charge >= 0.3 is 25.8 Å². The molecule has 0 heterocycles. The molecule has 4 rings (SSSR count). The summed E-state index contributed by atoms with van der Waals surface area (Å²) in [7, 11) is 0. The molecule has 0 aromatic heterocycles. The number of unbranched alkanes of at least 4 members (excludes halogenated alkanes) is 2. The van der Waals surface area contributed by atoms with Gasteiger partial charge in [0.1, 0.15) is 0 Å². The maximum absolute atomic E-state index is 3.60. The van der Waals surface area contributed by atoms with Crippen LogP contribution < -0.4 is 0 Å². The van der Waals surface area contributed by atoms with Crippen molar-refractivity contribution in [2.75, 3.05) is 0 Å². The van der Waals surface area contributed by atoms with E-state index in [1.807, 2.05) is 0 Å². The van der Waals surface area contributed by atoms with Crippen LogP contribution in [0, 0.1) is 27.7 Å². The van der Waals surface area contributed by atoms with Gasteiger partial charge in [0.15, 0.2) is 0 Å². The number of benzene rings is 2. The van der Waals surface area contributed by atoms with Crippen LogP contribution in [0.5, 0.6) is 0 Å². The van der Waals surface area contributed by atoms with Crippen molar-refractivity contribution in [1.29, 1.82) is 0 Å². The molecule has 0 N–H and O–H groups in total. The van der Waals surface area contributed by atoms with Crippen molar-refractivity contribution in [3.05, 3.63) is 94.8 Å². The average Bonchev–Trinajstić information content (AvgIpc) is 3.44. The van der Waals surface area contributed by atoms with Crippen molar-refractivity contribution in [3.8, 4) is 0 Å². The van der Waals surface area contributed by atoms with E-state index in [1.165, 1.54) is 67.8 Å². The molecule has 0 bridgehead atoms. The zero-order valence-corrected chi connectivity index (χ0v) is 33.5. The second-order valence-corrected chi connectivity index (χ2v) is 13.6. The first-order valence-electron chi connectivity index (χ1n) is 16.9. The summed E-state index contributed by atoms with van der Waals surface area (Å²) in [6, 6.07) is 14.7. The van der Waals surface area contributed by atoms with E-state index in [0.717, 1.165) is 25.7 Å². The van der Waals surface area contributed by atoms with Crippen LogP contribution in [0.3, 0.4) is 0 Å². The van der Waals surface area contributed by atoms with E-state index in [4.69, 9.17) is 0 Å². The van der Waals surface area contributed by atoms with Gasteiger partial charge in [0.25, 0.3) is 0 Å². The summed E-state index contributed by atoms with van der Waals surface area (Å²) >= 11 is 0. The Morgan fingerprint density at radius 2 is 0.860 bits per heavy atom. The van der Waals surface area contributed by atoms with Gasteiger partial charge in [-0.05, 0) is 23.7 Å². The van der Waals surface area contributed by atoms with Crippen molar-refractivity contribution in [1.82, 2.24) is 0 Å². The van der Waals surface area contributed by atoms with Crippen LogP contribution in [0.15, 0.2) is 36.4 Å². The molecule has 0 nitrogen and oxygen atoms in total. The van der Waals surface area contributed by atoms with Crippen LogP contribution in [-0.4, -0.2) is 0 Å². The molecular formula is C42H62Hf. The fourth-order valence-electron chi connectivity index (χ4n) is 5.85. The molecule has 0 saturated carbocycles. The number of hydrogen-bond acceptors (Lipinski definition) is 0. The Kier molecular flexibility index (Phi) is 17.0. The Morgan fingerprint density at radius 1 is 0.558 bits per heavy atom. The van der Waals surface area contributed by atoms with Gasteiger partial charge in [0.05, 0.1) is 0 Å². The third-order valence-corrected chi connectivity index (χ3v) is 8.65. The van der Waals surface area contributed by atoms with E-state index in [-0.39, 0.29) is 25.8 Å². The van der Waals surface area contributed by atoms with E-state index in [2.05, 4.69) is 133 Å². The van der Waals surface area contributed by atoms with Crippen LogP contribution >= 0.6 is 0 Å². The van der Waals surface area contributed by atoms with Gasteiger partial charge in [-0.3, -0.25) is 0 Å². The van der Waals surface area contributed by atoms with Gasteiger partial charge in [-0.1, -0.05) is 143 Å². The molecular weight excluding hydrogens is 683 g/mol. The largest absolute Gasteiger partial charge is 4.00 e. The Morgan fingerprint density at radius 3 is 1.09 bits per heavy atom. The van der Waals surface area contributed by atoms with Gasteiger partial charge in [0, 0.05) is 0 Å². The molecule has 43 heavy (non-hydrogen) atoms. The van der Waals surface area contributed by atoms with Crippen LogP contribution in [0.25, 0.3) is 21.5 Å². The molecule has 0 aliphatic heterocycles. The molecule has 234 valence electrons. The first kappa shape index (κ1) is 39.6. The summed E-state index contributed by atoms with van der Waals surface area (Å²) in [5.74, 6) is 2.18. The van der Waals surface area contributed by atoms with Crippen molar-refractivity contribution in [2.24, 2.45) is 0 Å². The van der Waals surface area contributed by atoms with Crippen molar-refractivity contribution in [3.63, 3.8) is 0 Å². The van der Waals surface area contributed by atoms with E-state index in [0.29, 0.717) is 23.7 Å². The number of aryl methyl sites for hydroxylation is 4. The molecule has 0 amide bonds. The Hall–Kier alpha value is -1.47. The first-order chi connectivity index (χ1) is 19.8. The fourth-order valence-corrected chi connectivity index (χ4v) is 5.85. The summed E-state index contributed by atoms with van der Waals surface area (Å²) in [5, 5.41) is 5.93. The minimum Gasteiger partial charge on any atom is -0.343 e. The summed E-state index contributed by atoms with van der Waals surface area (Å²) in [4.78, 5) is 0. The van der Waals surface area contributed by atoms with E-state index < -0.39 is 0 Å². The fraction of sp³-hybridized carbons (Fsp3) is 0.524. The number of hydrogen-bond donors (Lipinski definition) is 0. The second kappa shape index (κ2) is 18.5. The zero-order valence-electron chi connectivity index (χ0n) is 29.9. The van der Waals surface area contributed by atoms with Crippen molar-refractivity contribution < 1.29 is 25.8 Å². The summed E-state index contributed by atoms with van der Waals surface area (Å²) in [6.07, 6.45) is 6.78. The van der Waals surface area contributed by atoms with Crippen molar-refractivity contribution >= 4 is 21.5 Å².